The van der Waals surface area contributed by atoms with Crippen LogP contribution in [0.3, 0.4) is 0 Å². The molecule has 0 fully saturated rings. The van der Waals surface area contributed by atoms with E-state index in [-0.39, 0.29) is 18.9 Å². The molecule has 19 heavy (non-hydrogen) atoms. The van der Waals surface area contributed by atoms with Crippen LogP contribution in [0.15, 0.2) is 24.3 Å². The van der Waals surface area contributed by atoms with Gasteiger partial charge in [0.1, 0.15) is 11.3 Å². The molecular weight excluding hydrogens is 246 g/mol. The van der Waals surface area contributed by atoms with Crippen molar-refractivity contribution in [3.8, 4) is 5.75 Å². The maximum atomic E-state index is 11.6. The van der Waals surface area contributed by atoms with Crippen LogP contribution in [-0.4, -0.2) is 24.0 Å². The lowest BCUT2D eigenvalue weighted by Gasteiger charge is -2.22. The predicted octanol–water partition coefficient (Wildman–Crippen LogP) is 0.418. The minimum absolute atomic E-state index is 0.130. The summed E-state index contributed by atoms with van der Waals surface area (Å²) in [6.07, 6.45) is 0.130. The predicted molar refractivity (Wildman–Crippen MR) is 72.4 cm³/mol. The fraction of sp³-hybridized carbons (Fsp3) is 0.385. The highest BCUT2D eigenvalue weighted by atomic mass is 16.5. The van der Waals surface area contributed by atoms with Gasteiger partial charge in [0.05, 0.1) is 13.0 Å². The third kappa shape index (κ3) is 4.87. The second kappa shape index (κ2) is 6.08. The monoisotopic (exact) mass is 265 g/mol. The summed E-state index contributed by atoms with van der Waals surface area (Å²) < 4.78 is 5.38. The Kier molecular flexibility index (Phi) is 4.74. The zero-order valence-electron chi connectivity index (χ0n) is 11.1. The molecule has 0 aliphatic heterocycles. The van der Waals surface area contributed by atoms with Crippen molar-refractivity contribution in [1.82, 2.24) is 5.32 Å². The van der Waals surface area contributed by atoms with Gasteiger partial charge in [-0.25, -0.2) is 0 Å². The van der Waals surface area contributed by atoms with Gasteiger partial charge in [-0.1, -0.05) is 6.07 Å². The van der Waals surface area contributed by atoms with Gasteiger partial charge < -0.3 is 21.5 Å². The van der Waals surface area contributed by atoms with E-state index >= 15 is 0 Å². The number of anilines is 1. The van der Waals surface area contributed by atoms with Crippen LogP contribution in [0.1, 0.15) is 20.3 Å². The summed E-state index contributed by atoms with van der Waals surface area (Å²) in [5.41, 5.74) is 10.3. The fourth-order valence-electron chi connectivity index (χ4n) is 1.34. The smallest absolute Gasteiger partial charge is 0.242 e. The van der Waals surface area contributed by atoms with Crippen molar-refractivity contribution >= 4 is 17.5 Å². The van der Waals surface area contributed by atoms with E-state index in [2.05, 4.69) is 5.32 Å². The molecule has 0 aliphatic carbocycles. The molecule has 0 radical (unpaired) electrons. The number of hydrogen-bond donors (Lipinski definition) is 3. The van der Waals surface area contributed by atoms with Crippen LogP contribution in [0.4, 0.5) is 5.69 Å². The molecule has 1 aromatic carbocycles. The van der Waals surface area contributed by atoms with Gasteiger partial charge in [0.2, 0.25) is 11.8 Å². The number of carbonyl (C=O) groups is 2. The Balaban J connectivity index is 2.37. The molecule has 0 heterocycles. The summed E-state index contributed by atoms with van der Waals surface area (Å²) in [6, 6.07) is 6.93. The van der Waals surface area contributed by atoms with E-state index in [1.807, 2.05) is 0 Å². The van der Waals surface area contributed by atoms with Crippen LogP contribution in [0.2, 0.25) is 0 Å². The number of nitrogens with two attached hydrogens (primary N) is 2. The molecule has 0 unspecified atom stereocenters. The van der Waals surface area contributed by atoms with Crippen molar-refractivity contribution in [3.05, 3.63) is 24.3 Å². The van der Waals surface area contributed by atoms with Crippen LogP contribution in [-0.2, 0) is 9.59 Å². The molecular formula is C13H19N3O3. The molecule has 6 heteroatoms. The standard InChI is InChI=1S/C13H19N3O3/c1-13(2,12(15)18)16-11(17)6-7-19-10-5-3-4-9(14)8-10/h3-5,8H,6-7,14H2,1-2H3,(H2,15,18)(H,16,17). The number of rotatable bonds is 6. The van der Waals surface area contributed by atoms with Crippen LogP contribution < -0.4 is 21.5 Å². The van der Waals surface area contributed by atoms with Crippen LogP contribution in [0.25, 0.3) is 0 Å². The molecule has 6 nitrogen and oxygen atoms in total. The Hall–Kier alpha value is -2.24. The third-order valence-electron chi connectivity index (χ3n) is 2.52. The first kappa shape index (κ1) is 14.8. The van der Waals surface area contributed by atoms with Crippen molar-refractivity contribution in [2.75, 3.05) is 12.3 Å². The number of primary amides is 1. The van der Waals surface area contributed by atoms with Gasteiger partial charge in [0, 0.05) is 11.8 Å². The number of amides is 2. The van der Waals surface area contributed by atoms with Crippen LogP contribution in [0, 0.1) is 0 Å². The first-order valence-electron chi connectivity index (χ1n) is 5.90. The number of hydrogen-bond acceptors (Lipinski definition) is 4. The highest BCUT2D eigenvalue weighted by molar-refractivity contribution is 5.89. The van der Waals surface area contributed by atoms with Gasteiger partial charge in [-0.2, -0.15) is 0 Å². The molecule has 0 aromatic heterocycles. The summed E-state index contributed by atoms with van der Waals surface area (Å²) >= 11 is 0. The maximum Gasteiger partial charge on any atom is 0.242 e. The van der Waals surface area contributed by atoms with E-state index in [9.17, 15) is 9.59 Å². The number of nitrogens with one attached hydrogen (secondary N) is 1. The molecule has 5 N–H and O–H groups in total. The first-order chi connectivity index (χ1) is 8.81. The molecule has 1 aromatic rings. The van der Waals surface area contributed by atoms with E-state index < -0.39 is 11.4 Å². The average Bonchev–Trinajstić information content (AvgIpc) is 2.28. The van der Waals surface area contributed by atoms with Crippen molar-refractivity contribution in [3.63, 3.8) is 0 Å². The van der Waals surface area contributed by atoms with E-state index in [4.69, 9.17) is 16.2 Å². The topological polar surface area (TPSA) is 107 Å². The van der Waals surface area contributed by atoms with E-state index in [0.29, 0.717) is 11.4 Å². The Labute approximate surface area is 112 Å². The van der Waals surface area contributed by atoms with Crippen LogP contribution >= 0.6 is 0 Å². The Morgan fingerprint density at radius 2 is 2.05 bits per heavy atom. The van der Waals surface area contributed by atoms with Crippen molar-refractivity contribution < 1.29 is 14.3 Å². The fourth-order valence-corrected chi connectivity index (χ4v) is 1.34. The molecule has 0 saturated carbocycles. The van der Waals surface area contributed by atoms with E-state index in [0.717, 1.165) is 0 Å². The lowest BCUT2D eigenvalue weighted by Crippen LogP contribution is -2.53. The highest BCUT2D eigenvalue weighted by Gasteiger charge is 2.26. The third-order valence-corrected chi connectivity index (χ3v) is 2.52. The molecule has 1 rings (SSSR count). The SMILES string of the molecule is CC(C)(NC(=O)CCOc1cccc(N)c1)C(N)=O. The normalized spacial score (nSPS) is 10.8. The summed E-state index contributed by atoms with van der Waals surface area (Å²) in [5.74, 6) is -0.285. The van der Waals surface area contributed by atoms with E-state index in [1.165, 1.54) is 0 Å². The van der Waals surface area contributed by atoms with Crippen molar-refractivity contribution in [1.29, 1.82) is 0 Å². The zero-order valence-corrected chi connectivity index (χ0v) is 11.1. The van der Waals surface area contributed by atoms with Gasteiger partial charge in [-0.15, -0.1) is 0 Å². The second-order valence-corrected chi connectivity index (χ2v) is 4.71. The number of ether oxygens (including phenoxy) is 1. The Bertz CT molecular complexity index is 472. The molecule has 0 spiro atoms. The summed E-state index contributed by atoms with van der Waals surface area (Å²) in [6.45, 7) is 3.29. The Morgan fingerprint density at radius 1 is 1.37 bits per heavy atom. The zero-order chi connectivity index (χ0) is 14.5. The van der Waals surface area contributed by atoms with Crippen molar-refractivity contribution in [2.45, 2.75) is 25.8 Å². The highest BCUT2D eigenvalue weighted by Crippen LogP contribution is 2.14. The minimum Gasteiger partial charge on any atom is -0.493 e. The minimum atomic E-state index is -1.06. The van der Waals surface area contributed by atoms with Crippen LogP contribution in [0.5, 0.6) is 5.75 Å². The summed E-state index contributed by atoms with van der Waals surface area (Å²) in [4.78, 5) is 22.6. The first-order valence-corrected chi connectivity index (χ1v) is 5.90. The maximum absolute atomic E-state index is 11.6. The molecule has 2 amide bonds. The quantitative estimate of drug-likeness (QED) is 0.648. The molecule has 0 aliphatic rings. The number of nitrogen functional groups attached to an aromatic ring is 1. The largest absolute Gasteiger partial charge is 0.493 e. The Morgan fingerprint density at radius 3 is 2.63 bits per heavy atom. The van der Waals surface area contributed by atoms with Gasteiger partial charge in [-0.05, 0) is 26.0 Å². The molecule has 0 bridgehead atoms. The average molecular weight is 265 g/mol. The molecule has 0 saturated heterocycles. The molecule has 104 valence electrons. The lowest BCUT2D eigenvalue weighted by molar-refractivity contribution is -0.130. The number of benzene rings is 1. The van der Waals surface area contributed by atoms with Gasteiger partial charge in [0.15, 0.2) is 0 Å². The van der Waals surface area contributed by atoms with E-state index in [1.54, 1.807) is 38.1 Å². The van der Waals surface area contributed by atoms with Crippen molar-refractivity contribution in [2.24, 2.45) is 5.73 Å². The van der Waals surface area contributed by atoms with Gasteiger partial charge >= 0.3 is 0 Å². The number of carbonyl (C=O) groups excluding carboxylic acids is 2. The van der Waals surface area contributed by atoms with Gasteiger partial charge in [0.25, 0.3) is 0 Å². The molecule has 0 atom stereocenters. The summed E-state index contributed by atoms with van der Waals surface area (Å²) in [7, 11) is 0. The van der Waals surface area contributed by atoms with Gasteiger partial charge in [-0.3, -0.25) is 9.59 Å². The summed E-state index contributed by atoms with van der Waals surface area (Å²) in [5, 5.41) is 2.54. The lowest BCUT2D eigenvalue weighted by atomic mass is 10.1. The second-order valence-electron chi connectivity index (χ2n) is 4.71.